The number of rotatable bonds is 7. The lowest BCUT2D eigenvalue weighted by atomic mass is 10.0. The first-order valence-corrected chi connectivity index (χ1v) is 12.5. The number of morpholine rings is 1. The summed E-state index contributed by atoms with van der Waals surface area (Å²) in [6, 6.07) is 9.85. The molecule has 0 atom stereocenters. The lowest BCUT2D eigenvalue weighted by Crippen LogP contribution is -2.36. The van der Waals surface area contributed by atoms with Crippen LogP contribution in [0, 0.1) is 5.92 Å². The maximum atomic E-state index is 13.7. The number of carbonyl (C=O) groups is 1. The third-order valence-electron chi connectivity index (χ3n) is 6.42. The first-order chi connectivity index (χ1) is 17.2. The number of H-pyrrole nitrogens is 1. The molecular weight excluding hydrogens is 458 g/mol. The number of hydrogen-bond acceptors (Lipinski definition) is 6. The van der Waals surface area contributed by atoms with Crippen molar-refractivity contribution in [1.82, 2.24) is 19.4 Å². The predicted octanol–water partition coefficient (Wildman–Crippen LogP) is 2.97. The number of nitrogens with zero attached hydrogens (tertiary/aromatic N) is 4. The summed E-state index contributed by atoms with van der Waals surface area (Å²) < 4.78 is 6.89. The van der Waals surface area contributed by atoms with Gasteiger partial charge in [-0.25, -0.2) is 9.78 Å². The molecular formula is C27H35N5O4. The molecule has 1 aliphatic heterocycles. The van der Waals surface area contributed by atoms with Crippen molar-refractivity contribution in [3.8, 4) is 0 Å². The Morgan fingerprint density at radius 3 is 2.39 bits per heavy atom. The molecule has 3 heterocycles. The molecule has 2 aromatic heterocycles. The van der Waals surface area contributed by atoms with E-state index in [1.807, 2.05) is 39.8 Å². The number of hydrogen-bond donors (Lipinski definition) is 1. The van der Waals surface area contributed by atoms with Crippen molar-refractivity contribution in [2.45, 2.75) is 46.7 Å². The molecule has 36 heavy (non-hydrogen) atoms. The quantitative estimate of drug-likeness (QED) is 0.543. The number of ether oxygens (including phenoxy) is 1. The molecule has 0 unspecified atom stereocenters. The lowest BCUT2D eigenvalue weighted by Gasteiger charge is -2.29. The van der Waals surface area contributed by atoms with E-state index in [2.05, 4.69) is 27.0 Å². The second-order valence-electron chi connectivity index (χ2n) is 10.1. The van der Waals surface area contributed by atoms with Crippen molar-refractivity contribution in [1.29, 1.82) is 0 Å². The van der Waals surface area contributed by atoms with Crippen molar-refractivity contribution in [3.63, 3.8) is 0 Å². The SMILES string of the molecule is CC(C)Cn1c(=O)[nH]c(=O)c2c(C(=O)N(C)Cc3ccc(N4CCOCC4)cc3)cc(C(C)C)nc21. The van der Waals surface area contributed by atoms with Crippen LogP contribution < -0.4 is 16.1 Å². The van der Waals surface area contributed by atoms with Gasteiger partial charge in [0, 0.05) is 44.6 Å². The molecule has 1 amide bonds. The van der Waals surface area contributed by atoms with Gasteiger partial charge < -0.3 is 14.5 Å². The third-order valence-corrected chi connectivity index (χ3v) is 6.42. The van der Waals surface area contributed by atoms with Gasteiger partial charge in [-0.15, -0.1) is 0 Å². The van der Waals surface area contributed by atoms with Crippen molar-refractivity contribution in [2.75, 3.05) is 38.3 Å². The van der Waals surface area contributed by atoms with Gasteiger partial charge in [0.25, 0.3) is 11.5 Å². The van der Waals surface area contributed by atoms with Crippen LogP contribution in [0.25, 0.3) is 11.0 Å². The number of fused-ring (bicyclic) bond motifs is 1. The predicted molar refractivity (Wildman–Crippen MR) is 141 cm³/mol. The van der Waals surface area contributed by atoms with Gasteiger partial charge in [-0.3, -0.25) is 19.1 Å². The number of pyridine rings is 1. The van der Waals surface area contributed by atoms with Gasteiger partial charge in [0.05, 0.1) is 24.2 Å². The summed E-state index contributed by atoms with van der Waals surface area (Å²) in [5.74, 6) is -0.119. The van der Waals surface area contributed by atoms with Gasteiger partial charge in [0.1, 0.15) is 0 Å². The number of anilines is 1. The van der Waals surface area contributed by atoms with E-state index in [1.54, 1.807) is 18.0 Å². The molecule has 0 spiro atoms. The second-order valence-corrected chi connectivity index (χ2v) is 10.1. The Hall–Kier alpha value is -3.46. The van der Waals surface area contributed by atoms with Gasteiger partial charge in [-0.2, -0.15) is 0 Å². The van der Waals surface area contributed by atoms with Gasteiger partial charge in [0.2, 0.25) is 0 Å². The third kappa shape index (κ3) is 5.36. The zero-order valence-corrected chi connectivity index (χ0v) is 21.7. The Morgan fingerprint density at radius 1 is 1.11 bits per heavy atom. The minimum absolute atomic E-state index is 0.0147. The summed E-state index contributed by atoms with van der Waals surface area (Å²) >= 11 is 0. The van der Waals surface area contributed by atoms with E-state index >= 15 is 0 Å². The van der Waals surface area contributed by atoms with E-state index in [4.69, 9.17) is 4.74 Å². The van der Waals surface area contributed by atoms with Gasteiger partial charge in [-0.1, -0.05) is 39.8 Å². The van der Waals surface area contributed by atoms with Crippen LogP contribution in [0.15, 0.2) is 39.9 Å². The van der Waals surface area contributed by atoms with Crippen molar-refractivity contribution in [2.24, 2.45) is 5.92 Å². The molecule has 3 aromatic rings. The molecule has 192 valence electrons. The molecule has 0 saturated carbocycles. The van der Waals surface area contributed by atoms with E-state index < -0.39 is 11.2 Å². The van der Waals surface area contributed by atoms with Crippen LogP contribution in [0.5, 0.6) is 0 Å². The van der Waals surface area contributed by atoms with E-state index in [0.29, 0.717) is 18.8 Å². The van der Waals surface area contributed by atoms with Crippen LogP contribution in [-0.4, -0.2) is 58.7 Å². The standard InChI is InChI=1S/C27H35N5O4/c1-17(2)15-32-24-23(25(33)29-27(32)35)21(14-22(28-24)18(3)4)26(34)30(5)16-19-6-8-20(9-7-19)31-10-12-36-13-11-31/h6-9,14,17-18H,10-13,15-16H2,1-5H3,(H,29,33,35). The molecule has 1 N–H and O–H groups in total. The van der Waals surface area contributed by atoms with Gasteiger partial charge in [-0.05, 0) is 35.6 Å². The first-order valence-electron chi connectivity index (χ1n) is 12.5. The Labute approximate surface area is 210 Å². The highest BCUT2D eigenvalue weighted by atomic mass is 16.5. The average molecular weight is 494 g/mol. The Bertz CT molecular complexity index is 1350. The van der Waals surface area contributed by atoms with E-state index in [0.717, 1.165) is 37.6 Å². The van der Waals surface area contributed by atoms with Crippen LogP contribution in [0.4, 0.5) is 5.69 Å². The fourth-order valence-corrected chi connectivity index (χ4v) is 4.48. The molecule has 1 aromatic carbocycles. The maximum absolute atomic E-state index is 13.7. The molecule has 4 rings (SSSR count). The summed E-state index contributed by atoms with van der Waals surface area (Å²) in [6.45, 7) is 11.9. The molecule has 1 saturated heterocycles. The monoisotopic (exact) mass is 493 g/mol. The second kappa shape index (κ2) is 10.7. The van der Waals surface area contributed by atoms with Crippen molar-refractivity contribution >= 4 is 22.6 Å². The summed E-state index contributed by atoms with van der Waals surface area (Å²) in [7, 11) is 1.72. The highest BCUT2D eigenvalue weighted by molar-refractivity contribution is 6.05. The summed E-state index contributed by atoms with van der Waals surface area (Å²) in [5.41, 5.74) is 2.19. The molecule has 0 aliphatic carbocycles. The normalized spacial score (nSPS) is 14.1. The molecule has 9 nitrogen and oxygen atoms in total. The topological polar surface area (TPSA) is 101 Å². The average Bonchev–Trinajstić information content (AvgIpc) is 2.86. The minimum Gasteiger partial charge on any atom is -0.378 e. The number of amides is 1. The molecule has 9 heteroatoms. The minimum atomic E-state index is -0.593. The maximum Gasteiger partial charge on any atom is 0.330 e. The number of aromatic nitrogens is 3. The Morgan fingerprint density at radius 2 is 1.78 bits per heavy atom. The molecule has 1 fully saturated rings. The smallest absolute Gasteiger partial charge is 0.330 e. The van der Waals surface area contributed by atoms with Crippen molar-refractivity contribution < 1.29 is 9.53 Å². The summed E-state index contributed by atoms with van der Waals surface area (Å²) in [4.78, 5) is 50.1. The summed E-state index contributed by atoms with van der Waals surface area (Å²) in [6.07, 6.45) is 0. The van der Waals surface area contributed by atoms with Crippen LogP contribution in [0.2, 0.25) is 0 Å². The van der Waals surface area contributed by atoms with Crippen LogP contribution in [0.1, 0.15) is 55.2 Å². The number of carbonyl (C=O) groups excluding carboxylic acids is 1. The Kier molecular flexibility index (Phi) is 7.59. The van der Waals surface area contributed by atoms with E-state index in [1.165, 1.54) is 4.57 Å². The number of benzene rings is 1. The molecule has 0 radical (unpaired) electrons. The zero-order valence-electron chi connectivity index (χ0n) is 21.7. The van der Waals surface area contributed by atoms with Crippen LogP contribution in [0.3, 0.4) is 0 Å². The number of aromatic amines is 1. The number of nitrogens with one attached hydrogen (secondary N) is 1. The highest BCUT2D eigenvalue weighted by Crippen LogP contribution is 2.23. The van der Waals surface area contributed by atoms with Gasteiger partial charge in [0.15, 0.2) is 5.65 Å². The first kappa shape index (κ1) is 25.6. The largest absolute Gasteiger partial charge is 0.378 e. The van der Waals surface area contributed by atoms with Crippen molar-refractivity contribution in [3.05, 3.63) is 68.0 Å². The molecule has 1 aliphatic rings. The van der Waals surface area contributed by atoms with Gasteiger partial charge >= 0.3 is 5.69 Å². The van der Waals surface area contributed by atoms with E-state index in [9.17, 15) is 14.4 Å². The van der Waals surface area contributed by atoms with Crippen LogP contribution >= 0.6 is 0 Å². The Balaban J connectivity index is 1.68. The fourth-order valence-electron chi connectivity index (χ4n) is 4.48. The highest BCUT2D eigenvalue weighted by Gasteiger charge is 2.23. The van der Waals surface area contributed by atoms with E-state index in [-0.39, 0.29) is 34.3 Å². The van der Waals surface area contributed by atoms with Crippen LogP contribution in [-0.2, 0) is 17.8 Å². The lowest BCUT2D eigenvalue weighted by molar-refractivity contribution is 0.0786. The fraction of sp³-hybridized carbons (Fsp3) is 0.481. The molecule has 0 bridgehead atoms. The zero-order chi connectivity index (χ0) is 26.0. The summed E-state index contributed by atoms with van der Waals surface area (Å²) in [5, 5.41) is 0.152.